The normalized spacial score (nSPS) is 17.0. The van der Waals surface area contributed by atoms with Crippen LogP contribution in [0, 0.1) is 13.8 Å². The van der Waals surface area contributed by atoms with Crippen LogP contribution in [0.4, 0.5) is 0 Å². The highest BCUT2D eigenvalue weighted by Crippen LogP contribution is 2.57. The molecule has 2 nitrogen and oxygen atoms in total. The van der Waals surface area contributed by atoms with Crippen molar-refractivity contribution in [2.45, 2.75) is 98.6 Å². The van der Waals surface area contributed by atoms with Gasteiger partial charge >= 0.3 is 0 Å². The van der Waals surface area contributed by atoms with Gasteiger partial charge in [-0.05, 0) is 30.1 Å². The number of fused-ring (bicyclic) bond motifs is 1. The Morgan fingerprint density at radius 1 is 0.700 bits per heavy atom. The standard InChI is InChI=1S/C27H39O2P/c1-17-12-19-16-30(28-23(19)20(13-17)25(3,4)5)29-24-21(26(6,7)8)14-18(2)15-22(24)27(9,10)11/h12-15H,16H2,1-11H3. The number of benzene rings is 2. The third kappa shape index (κ3) is 4.70. The van der Waals surface area contributed by atoms with E-state index in [4.69, 9.17) is 9.05 Å². The van der Waals surface area contributed by atoms with Crippen molar-refractivity contribution in [1.82, 2.24) is 0 Å². The summed E-state index contributed by atoms with van der Waals surface area (Å²) >= 11 is 0. The molecule has 0 saturated carbocycles. The van der Waals surface area contributed by atoms with Crippen LogP contribution in [0.1, 0.15) is 95.7 Å². The predicted octanol–water partition coefficient (Wildman–Crippen LogP) is 8.48. The highest BCUT2D eigenvalue weighted by Gasteiger charge is 2.35. The summed E-state index contributed by atoms with van der Waals surface area (Å²) in [6.45, 7) is 24.7. The van der Waals surface area contributed by atoms with Crippen molar-refractivity contribution < 1.29 is 9.05 Å². The van der Waals surface area contributed by atoms with Crippen molar-refractivity contribution in [3.63, 3.8) is 0 Å². The Hall–Kier alpha value is -1.53. The molecule has 1 aliphatic rings. The Morgan fingerprint density at radius 2 is 1.13 bits per heavy atom. The lowest BCUT2D eigenvalue weighted by Gasteiger charge is -2.31. The third-order valence-electron chi connectivity index (χ3n) is 5.65. The molecule has 0 aliphatic carbocycles. The van der Waals surface area contributed by atoms with Crippen LogP contribution >= 0.6 is 8.38 Å². The monoisotopic (exact) mass is 426 g/mol. The first-order valence-corrected chi connectivity index (χ1v) is 12.4. The fourth-order valence-electron chi connectivity index (χ4n) is 4.04. The molecule has 2 aromatic carbocycles. The SMILES string of the molecule is Cc1cc2c(c(C(C)(C)C)c1)OP(Oc1c(C(C)(C)C)cc(C)cc1C(C)(C)C)C2. The van der Waals surface area contributed by atoms with Crippen molar-refractivity contribution in [2.24, 2.45) is 0 Å². The van der Waals surface area contributed by atoms with E-state index in [-0.39, 0.29) is 16.2 Å². The van der Waals surface area contributed by atoms with Crippen LogP contribution in [0.5, 0.6) is 11.5 Å². The van der Waals surface area contributed by atoms with E-state index in [1.165, 1.54) is 33.4 Å². The lowest BCUT2D eigenvalue weighted by molar-refractivity contribution is 0.455. The molecule has 3 heteroatoms. The van der Waals surface area contributed by atoms with E-state index in [1.54, 1.807) is 0 Å². The van der Waals surface area contributed by atoms with Crippen LogP contribution in [0.25, 0.3) is 0 Å². The lowest BCUT2D eigenvalue weighted by atomic mass is 9.78. The smallest absolute Gasteiger partial charge is 0.295 e. The lowest BCUT2D eigenvalue weighted by Crippen LogP contribution is -2.19. The summed E-state index contributed by atoms with van der Waals surface area (Å²) in [4.78, 5) is 0. The highest BCUT2D eigenvalue weighted by atomic mass is 31.2. The second-order valence-electron chi connectivity index (χ2n) is 11.9. The largest absolute Gasteiger partial charge is 0.438 e. The van der Waals surface area contributed by atoms with Gasteiger partial charge < -0.3 is 9.05 Å². The van der Waals surface area contributed by atoms with Crippen molar-refractivity contribution in [3.8, 4) is 11.5 Å². The molecular weight excluding hydrogens is 387 g/mol. The van der Waals surface area contributed by atoms with Gasteiger partial charge in [-0.1, -0.05) is 97.7 Å². The summed E-state index contributed by atoms with van der Waals surface area (Å²) < 4.78 is 13.3. The Labute approximate surface area is 185 Å². The second-order valence-corrected chi connectivity index (χ2v) is 13.3. The van der Waals surface area contributed by atoms with E-state index in [0.29, 0.717) is 0 Å². The summed E-state index contributed by atoms with van der Waals surface area (Å²) in [5.41, 5.74) is 7.70. The molecule has 0 saturated heterocycles. The summed E-state index contributed by atoms with van der Waals surface area (Å²) in [6, 6.07) is 9.10. The second kappa shape index (κ2) is 7.56. The van der Waals surface area contributed by atoms with Gasteiger partial charge in [-0.15, -0.1) is 0 Å². The van der Waals surface area contributed by atoms with Crippen LogP contribution in [-0.2, 0) is 22.4 Å². The molecular formula is C27H39O2P. The molecule has 1 heterocycles. The van der Waals surface area contributed by atoms with Crippen LogP contribution in [0.2, 0.25) is 0 Å². The first-order chi connectivity index (χ1) is 13.6. The molecule has 30 heavy (non-hydrogen) atoms. The molecule has 1 unspecified atom stereocenters. The fourth-order valence-corrected chi connectivity index (χ4v) is 5.54. The molecule has 0 radical (unpaired) electrons. The van der Waals surface area contributed by atoms with Crippen LogP contribution in [0.15, 0.2) is 24.3 Å². The average molecular weight is 427 g/mol. The molecule has 3 rings (SSSR count). The summed E-state index contributed by atoms with van der Waals surface area (Å²) in [6.07, 6.45) is 0.844. The van der Waals surface area contributed by atoms with Gasteiger partial charge in [0, 0.05) is 22.3 Å². The van der Waals surface area contributed by atoms with Gasteiger partial charge in [0.1, 0.15) is 11.5 Å². The molecule has 0 spiro atoms. The number of hydrogen-bond donors (Lipinski definition) is 0. The Kier molecular flexibility index (Phi) is 5.83. The van der Waals surface area contributed by atoms with Gasteiger partial charge in [-0.2, -0.15) is 0 Å². The quantitative estimate of drug-likeness (QED) is 0.448. The number of hydrogen-bond acceptors (Lipinski definition) is 2. The van der Waals surface area contributed by atoms with E-state index in [9.17, 15) is 0 Å². The molecule has 0 bridgehead atoms. The van der Waals surface area contributed by atoms with Gasteiger partial charge in [0.05, 0.1) is 6.16 Å². The van der Waals surface area contributed by atoms with Gasteiger partial charge in [0.25, 0.3) is 8.38 Å². The summed E-state index contributed by atoms with van der Waals surface area (Å²) in [5, 5.41) is 0. The highest BCUT2D eigenvalue weighted by molar-refractivity contribution is 7.47. The maximum absolute atomic E-state index is 6.78. The van der Waals surface area contributed by atoms with E-state index in [2.05, 4.69) is 100 Å². The number of aryl methyl sites for hydroxylation is 2. The predicted molar refractivity (Wildman–Crippen MR) is 130 cm³/mol. The third-order valence-corrected chi connectivity index (χ3v) is 7.02. The minimum Gasteiger partial charge on any atom is -0.438 e. The van der Waals surface area contributed by atoms with Gasteiger partial charge in [-0.3, -0.25) is 0 Å². The Balaban J connectivity index is 2.05. The minimum atomic E-state index is -1.06. The maximum Gasteiger partial charge on any atom is 0.295 e. The molecule has 0 N–H and O–H groups in total. The molecule has 1 aliphatic heterocycles. The Bertz CT molecular complexity index is 918. The molecule has 0 aromatic heterocycles. The first kappa shape index (κ1) is 23.1. The zero-order chi connectivity index (χ0) is 22.6. The zero-order valence-electron chi connectivity index (χ0n) is 20.8. The topological polar surface area (TPSA) is 18.5 Å². The molecule has 0 amide bonds. The van der Waals surface area contributed by atoms with Crippen LogP contribution < -0.4 is 9.05 Å². The van der Waals surface area contributed by atoms with Crippen LogP contribution in [-0.4, -0.2) is 0 Å². The van der Waals surface area contributed by atoms with Crippen molar-refractivity contribution in [2.75, 3.05) is 0 Å². The van der Waals surface area contributed by atoms with Crippen molar-refractivity contribution >= 4 is 8.38 Å². The van der Waals surface area contributed by atoms with Gasteiger partial charge in [0.15, 0.2) is 0 Å². The summed E-state index contributed by atoms with van der Waals surface area (Å²) in [5.74, 6) is 2.06. The van der Waals surface area contributed by atoms with E-state index in [1.807, 2.05) is 0 Å². The molecule has 164 valence electrons. The zero-order valence-corrected chi connectivity index (χ0v) is 21.7. The van der Waals surface area contributed by atoms with E-state index < -0.39 is 8.38 Å². The van der Waals surface area contributed by atoms with Gasteiger partial charge in [0.2, 0.25) is 0 Å². The van der Waals surface area contributed by atoms with Crippen molar-refractivity contribution in [3.05, 3.63) is 57.6 Å². The fraction of sp³-hybridized carbons (Fsp3) is 0.556. The molecule has 1 atom stereocenters. The summed E-state index contributed by atoms with van der Waals surface area (Å²) in [7, 11) is -1.06. The van der Waals surface area contributed by atoms with E-state index >= 15 is 0 Å². The minimum absolute atomic E-state index is 0.00355. The number of rotatable bonds is 2. The van der Waals surface area contributed by atoms with Gasteiger partial charge in [-0.25, -0.2) is 0 Å². The van der Waals surface area contributed by atoms with Crippen molar-refractivity contribution in [1.29, 1.82) is 0 Å². The molecule has 2 aromatic rings. The molecule has 0 fully saturated rings. The van der Waals surface area contributed by atoms with E-state index in [0.717, 1.165) is 17.7 Å². The first-order valence-electron chi connectivity index (χ1n) is 11.0. The van der Waals surface area contributed by atoms with Crippen LogP contribution in [0.3, 0.4) is 0 Å². The Morgan fingerprint density at radius 3 is 1.60 bits per heavy atom. The maximum atomic E-state index is 6.78. The average Bonchev–Trinajstić information content (AvgIpc) is 2.94.